The Balaban J connectivity index is 1.68. The van der Waals surface area contributed by atoms with Gasteiger partial charge in [-0.05, 0) is 48.2 Å². The molecule has 0 radical (unpaired) electrons. The largest absolute Gasteiger partial charge is 0.321 e. The Morgan fingerprint density at radius 1 is 1.04 bits per heavy atom. The molecule has 0 spiro atoms. The number of rotatable bonds is 5. The molecule has 7 heteroatoms. The lowest BCUT2D eigenvalue weighted by Crippen LogP contribution is -2.20. The number of nitrogens with zero attached hydrogens (tertiary/aromatic N) is 2. The predicted molar refractivity (Wildman–Crippen MR) is 103 cm³/mol. The van der Waals surface area contributed by atoms with E-state index in [0.29, 0.717) is 22.0 Å². The number of carbonyl (C=O) groups is 2. The van der Waals surface area contributed by atoms with Crippen molar-refractivity contribution in [3.8, 4) is 0 Å². The monoisotopic (exact) mass is 364 g/mol. The van der Waals surface area contributed by atoms with E-state index >= 15 is 0 Å². The molecule has 2 N–H and O–H groups in total. The summed E-state index contributed by atoms with van der Waals surface area (Å²) in [6.45, 7) is 1.78. The number of aromatic nitrogens is 1. The van der Waals surface area contributed by atoms with Crippen molar-refractivity contribution in [3.05, 3.63) is 82.3 Å². The molecule has 3 aromatic rings. The first-order valence-corrected chi connectivity index (χ1v) is 8.72. The van der Waals surface area contributed by atoms with Crippen molar-refractivity contribution in [2.45, 2.75) is 6.92 Å². The van der Waals surface area contributed by atoms with Gasteiger partial charge in [-0.1, -0.05) is 24.3 Å². The van der Waals surface area contributed by atoms with Crippen molar-refractivity contribution in [2.75, 3.05) is 5.32 Å². The molecule has 3 rings (SSSR count). The molecule has 26 heavy (non-hydrogen) atoms. The molecule has 0 saturated carbocycles. The fraction of sp³-hybridized carbons (Fsp3) is 0.0526. The van der Waals surface area contributed by atoms with E-state index in [1.807, 2.05) is 23.6 Å². The van der Waals surface area contributed by atoms with Crippen LogP contribution >= 0.6 is 11.3 Å². The third-order valence-electron chi connectivity index (χ3n) is 3.51. The summed E-state index contributed by atoms with van der Waals surface area (Å²) >= 11 is 1.38. The molecule has 0 aliphatic rings. The van der Waals surface area contributed by atoms with Crippen molar-refractivity contribution in [3.63, 3.8) is 0 Å². The average Bonchev–Trinajstić information content (AvgIpc) is 3.22. The van der Waals surface area contributed by atoms with Gasteiger partial charge in [0.1, 0.15) is 5.69 Å². The number of hydrazone groups is 1. The Hall–Kier alpha value is -3.32. The predicted octanol–water partition coefficient (Wildman–Crippen LogP) is 3.55. The average molecular weight is 364 g/mol. The highest BCUT2D eigenvalue weighted by Crippen LogP contribution is 2.15. The van der Waals surface area contributed by atoms with Crippen LogP contribution in [-0.2, 0) is 0 Å². The van der Waals surface area contributed by atoms with Gasteiger partial charge in [0.05, 0.1) is 10.6 Å². The molecule has 0 aliphatic heterocycles. The highest BCUT2D eigenvalue weighted by atomic mass is 32.1. The number of carbonyl (C=O) groups excluding carboxylic acids is 2. The zero-order valence-corrected chi connectivity index (χ0v) is 14.8. The van der Waals surface area contributed by atoms with Gasteiger partial charge in [0.15, 0.2) is 0 Å². The van der Waals surface area contributed by atoms with Crippen LogP contribution in [0.15, 0.2) is 71.3 Å². The van der Waals surface area contributed by atoms with Crippen molar-refractivity contribution in [2.24, 2.45) is 5.10 Å². The third kappa shape index (κ3) is 4.40. The van der Waals surface area contributed by atoms with Crippen LogP contribution in [-0.4, -0.2) is 22.5 Å². The Labute approximate surface area is 154 Å². The molecule has 2 amide bonds. The van der Waals surface area contributed by atoms with Crippen LogP contribution in [0.25, 0.3) is 0 Å². The Morgan fingerprint density at radius 2 is 1.92 bits per heavy atom. The minimum Gasteiger partial charge on any atom is -0.321 e. The molecule has 1 aromatic carbocycles. The van der Waals surface area contributed by atoms with Crippen molar-refractivity contribution in [1.29, 1.82) is 0 Å². The fourth-order valence-corrected chi connectivity index (χ4v) is 2.79. The standard InChI is InChI=1S/C19H16N4O2S/c1-13(22-23-18(24)16-8-2-3-10-20-16)14-6-4-7-15(12-14)21-19(25)17-9-5-11-26-17/h2-12H,1H3,(H,21,25)(H,23,24)/b22-13+. The van der Waals surface area contributed by atoms with Crippen molar-refractivity contribution < 1.29 is 9.59 Å². The first kappa shape index (κ1) is 17.5. The lowest BCUT2D eigenvalue weighted by atomic mass is 10.1. The Bertz CT molecular complexity index is 937. The fourth-order valence-electron chi connectivity index (χ4n) is 2.18. The molecule has 0 saturated heterocycles. The Morgan fingerprint density at radius 3 is 2.65 bits per heavy atom. The maximum Gasteiger partial charge on any atom is 0.289 e. The number of thiophene rings is 1. The Kier molecular flexibility index (Phi) is 5.50. The smallest absolute Gasteiger partial charge is 0.289 e. The van der Waals surface area contributed by atoms with Gasteiger partial charge in [0.2, 0.25) is 0 Å². The lowest BCUT2D eigenvalue weighted by Gasteiger charge is -2.07. The summed E-state index contributed by atoms with van der Waals surface area (Å²) in [6, 6.07) is 16.0. The maximum atomic E-state index is 12.1. The summed E-state index contributed by atoms with van der Waals surface area (Å²) in [6.07, 6.45) is 1.55. The first-order chi connectivity index (χ1) is 12.6. The van der Waals surface area contributed by atoms with Crippen LogP contribution in [0, 0.1) is 0 Å². The first-order valence-electron chi connectivity index (χ1n) is 7.84. The van der Waals surface area contributed by atoms with Crippen LogP contribution in [0.5, 0.6) is 0 Å². The summed E-state index contributed by atoms with van der Waals surface area (Å²) < 4.78 is 0. The quantitative estimate of drug-likeness (QED) is 0.536. The normalized spacial score (nSPS) is 11.0. The number of pyridine rings is 1. The number of hydrogen-bond donors (Lipinski definition) is 2. The summed E-state index contributed by atoms with van der Waals surface area (Å²) in [5, 5.41) is 8.81. The van der Waals surface area contributed by atoms with Gasteiger partial charge in [0.25, 0.3) is 11.8 Å². The summed E-state index contributed by atoms with van der Waals surface area (Å²) in [5.41, 5.74) is 4.83. The number of nitrogens with one attached hydrogen (secondary N) is 2. The maximum absolute atomic E-state index is 12.1. The summed E-state index contributed by atoms with van der Waals surface area (Å²) in [7, 11) is 0. The van der Waals surface area contributed by atoms with Crippen LogP contribution in [0.4, 0.5) is 5.69 Å². The van der Waals surface area contributed by atoms with E-state index in [9.17, 15) is 9.59 Å². The van der Waals surface area contributed by atoms with Gasteiger partial charge in [-0.15, -0.1) is 11.3 Å². The third-order valence-corrected chi connectivity index (χ3v) is 4.37. The number of benzene rings is 1. The van der Waals surface area contributed by atoms with Crippen molar-refractivity contribution >= 4 is 34.6 Å². The van der Waals surface area contributed by atoms with Gasteiger partial charge in [-0.3, -0.25) is 14.6 Å². The highest BCUT2D eigenvalue weighted by Gasteiger charge is 2.08. The second kappa shape index (κ2) is 8.17. The molecule has 130 valence electrons. The van der Waals surface area contributed by atoms with Crippen LogP contribution in [0.1, 0.15) is 32.6 Å². The molecule has 0 bridgehead atoms. The van der Waals surface area contributed by atoms with E-state index in [1.54, 1.807) is 49.5 Å². The van der Waals surface area contributed by atoms with Gasteiger partial charge in [-0.2, -0.15) is 5.10 Å². The summed E-state index contributed by atoms with van der Waals surface area (Å²) in [4.78, 5) is 28.7. The topological polar surface area (TPSA) is 83.4 Å². The molecule has 0 atom stereocenters. The summed E-state index contributed by atoms with van der Waals surface area (Å²) in [5.74, 6) is -0.540. The molecule has 6 nitrogen and oxygen atoms in total. The number of anilines is 1. The van der Waals surface area contributed by atoms with E-state index in [1.165, 1.54) is 11.3 Å². The van der Waals surface area contributed by atoms with E-state index in [-0.39, 0.29) is 11.8 Å². The van der Waals surface area contributed by atoms with Gasteiger partial charge in [-0.25, -0.2) is 5.43 Å². The minimum absolute atomic E-state index is 0.157. The second-order valence-electron chi connectivity index (χ2n) is 5.37. The van der Waals surface area contributed by atoms with Gasteiger partial charge < -0.3 is 5.32 Å². The minimum atomic E-state index is -0.382. The zero-order valence-electron chi connectivity index (χ0n) is 14.0. The number of amides is 2. The van der Waals surface area contributed by atoms with Gasteiger partial charge in [0, 0.05) is 11.9 Å². The van der Waals surface area contributed by atoms with Crippen LogP contribution in [0.3, 0.4) is 0 Å². The molecular formula is C19H16N4O2S. The molecule has 2 aromatic heterocycles. The van der Waals surface area contributed by atoms with E-state index in [4.69, 9.17) is 0 Å². The molecule has 0 fully saturated rings. The molecule has 2 heterocycles. The van der Waals surface area contributed by atoms with E-state index in [0.717, 1.165) is 5.56 Å². The SMILES string of the molecule is C/C(=N\NC(=O)c1ccccn1)c1cccc(NC(=O)c2cccs2)c1. The van der Waals surface area contributed by atoms with E-state index in [2.05, 4.69) is 20.8 Å². The van der Waals surface area contributed by atoms with Crippen molar-refractivity contribution in [1.82, 2.24) is 10.4 Å². The number of hydrogen-bond acceptors (Lipinski definition) is 5. The molecular weight excluding hydrogens is 348 g/mol. The van der Waals surface area contributed by atoms with Crippen LogP contribution in [0.2, 0.25) is 0 Å². The molecule has 0 unspecified atom stereocenters. The van der Waals surface area contributed by atoms with Gasteiger partial charge >= 0.3 is 0 Å². The molecule has 0 aliphatic carbocycles. The van der Waals surface area contributed by atoms with Crippen LogP contribution < -0.4 is 10.7 Å². The highest BCUT2D eigenvalue weighted by molar-refractivity contribution is 7.12. The zero-order chi connectivity index (χ0) is 18.4. The second-order valence-corrected chi connectivity index (χ2v) is 6.31. The lowest BCUT2D eigenvalue weighted by molar-refractivity contribution is 0.0949. The van der Waals surface area contributed by atoms with E-state index < -0.39 is 0 Å².